The van der Waals surface area contributed by atoms with Crippen LogP contribution in [-0.4, -0.2) is 33.8 Å². The van der Waals surface area contributed by atoms with E-state index in [-0.39, 0.29) is 35.9 Å². The van der Waals surface area contributed by atoms with E-state index in [0.29, 0.717) is 22.4 Å². The summed E-state index contributed by atoms with van der Waals surface area (Å²) in [5, 5.41) is 5.61. The summed E-state index contributed by atoms with van der Waals surface area (Å²) in [6.45, 7) is 2.24. The van der Waals surface area contributed by atoms with Crippen LogP contribution in [0.5, 0.6) is 0 Å². The second-order valence-electron chi connectivity index (χ2n) is 7.36. The molecule has 2 bridgehead atoms. The van der Waals surface area contributed by atoms with Gasteiger partial charge in [0.15, 0.2) is 5.82 Å². The first kappa shape index (κ1) is 17.2. The van der Waals surface area contributed by atoms with Gasteiger partial charge in [0.2, 0.25) is 11.8 Å². The molecule has 6 nitrogen and oxygen atoms in total. The van der Waals surface area contributed by atoms with Gasteiger partial charge >= 0.3 is 0 Å². The molecule has 0 N–H and O–H groups in total. The van der Waals surface area contributed by atoms with Crippen molar-refractivity contribution < 1.29 is 14.3 Å². The second kappa shape index (κ2) is 6.06. The SMILES string of the molecule is Cc1cc(N2C(=O)C3C4CCC(O4)C3C2=O)nn1Cc1c(Cl)cccc1Cl. The van der Waals surface area contributed by atoms with Crippen molar-refractivity contribution in [2.45, 2.75) is 38.5 Å². The average Bonchev–Trinajstić information content (AvgIpc) is 3.36. The molecular formula is C19H17Cl2N3O3. The maximum atomic E-state index is 12.9. The molecule has 3 aliphatic heterocycles. The number of anilines is 1. The number of rotatable bonds is 3. The van der Waals surface area contributed by atoms with E-state index in [2.05, 4.69) is 5.10 Å². The molecule has 4 atom stereocenters. The van der Waals surface area contributed by atoms with Crippen molar-refractivity contribution in [2.75, 3.05) is 4.90 Å². The molecule has 2 amide bonds. The number of ether oxygens (including phenoxy) is 1. The molecule has 0 aliphatic carbocycles. The summed E-state index contributed by atoms with van der Waals surface area (Å²) in [6, 6.07) is 7.08. The maximum absolute atomic E-state index is 12.9. The zero-order valence-electron chi connectivity index (χ0n) is 14.6. The monoisotopic (exact) mass is 405 g/mol. The molecule has 8 heteroatoms. The lowest BCUT2D eigenvalue weighted by molar-refractivity contribution is -0.124. The lowest BCUT2D eigenvalue weighted by atomic mass is 9.81. The Kier molecular flexibility index (Phi) is 3.86. The molecule has 140 valence electrons. The van der Waals surface area contributed by atoms with Gasteiger partial charge in [-0.2, -0.15) is 5.10 Å². The number of carbonyl (C=O) groups is 2. The van der Waals surface area contributed by atoms with Gasteiger partial charge in [-0.3, -0.25) is 14.3 Å². The Morgan fingerprint density at radius 1 is 1.11 bits per heavy atom. The highest BCUT2D eigenvalue weighted by atomic mass is 35.5. The Morgan fingerprint density at radius 2 is 1.70 bits per heavy atom. The molecule has 0 radical (unpaired) electrons. The van der Waals surface area contributed by atoms with Crippen LogP contribution in [0.15, 0.2) is 24.3 Å². The second-order valence-corrected chi connectivity index (χ2v) is 8.17. The average molecular weight is 406 g/mol. The number of aromatic nitrogens is 2. The van der Waals surface area contributed by atoms with Gasteiger partial charge < -0.3 is 4.74 Å². The third kappa shape index (κ3) is 2.47. The number of fused-ring (bicyclic) bond motifs is 5. The van der Waals surface area contributed by atoms with Crippen LogP contribution in [0.3, 0.4) is 0 Å². The fourth-order valence-electron chi connectivity index (χ4n) is 4.53. The molecule has 4 heterocycles. The van der Waals surface area contributed by atoms with Gasteiger partial charge in [0.05, 0.1) is 30.6 Å². The number of carbonyl (C=O) groups excluding carboxylic acids is 2. The number of hydrogen-bond donors (Lipinski definition) is 0. The summed E-state index contributed by atoms with van der Waals surface area (Å²) in [5.74, 6) is -0.755. The number of imide groups is 1. The van der Waals surface area contributed by atoms with Crippen molar-refractivity contribution in [3.8, 4) is 0 Å². The highest BCUT2D eigenvalue weighted by Crippen LogP contribution is 2.49. The van der Waals surface area contributed by atoms with E-state index >= 15 is 0 Å². The lowest BCUT2D eigenvalue weighted by Crippen LogP contribution is -2.34. The van der Waals surface area contributed by atoms with E-state index < -0.39 is 0 Å². The van der Waals surface area contributed by atoms with Gasteiger partial charge in [-0.15, -0.1) is 0 Å². The molecule has 0 spiro atoms. The molecule has 2 aromatic rings. The highest BCUT2D eigenvalue weighted by Gasteiger charge is 2.63. The van der Waals surface area contributed by atoms with Crippen molar-refractivity contribution in [3.05, 3.63) is 45.6 Å². The molecule has 3 fully saturated rings. The molecule has 27 heavy (non-hydrogen) atoms. The summed E-state index contributed by atoms with van der Waals surface area (Å²) in [4.78, 5) is 27.1. The van der Waals surface area contributed by atoms with E-state index in [1.54, 1.807) is 28.9 Å². The summed E-state index contributed by atoms with van der Waals surface area (Å²) in [6.07, 6.45) is 1.42. The van der Waals surface area contributed by atoms with Crippen LogP contribution in [0.1, 0.15) is 24.1 Å². The third-order valence-electron chi connectivity index (χ3n) is 5.85. The van der Waals surface area contributed by atoms with Gasteiger partial charge in [-0.05, 0) is 31.9 Å². The van der Waals surface area contributed by atoms with Crippen molar-refractivity contribution in [1.82, 2.24) is 9.78 Å². The first-order valence-corrected chi connectivity index (χ1v) is 9.72. The molecule has 3 saturated heterocycles. The van der Waals surface area contributed by atoms with Crippen molar-refractivity contribution in [3.63, 3.8) is 0 Å². The van der Waals surface area contributed by atoms with Crippen LogP contribution in [0, 0.1) is 18.8 Å². The van der Waals surface area contributed by atoms with Gasteiger partial charge in [-0.1, -0.05) is 29.3 Å². The first-order chi connectivity index (χ1) is 13.0. The van der Waals surface area contributed by atoms with Crippen LogP contribution in [-0.2, 0) is 20.9 Å². The minimum absolute atomic E-state index is 0.133. The van der Waals surface area contributed by atoms with Crippen molar-refractivity contribution in [1.29, 1.82) is 0 Å². The topological polar surface area (TPSA) is 64.4 Å². The summed E-state index contributed by atoms with van der Waals surface area (Å²) < 4.78 is 7.49. The number of amides is 2. The van der Waals surface area contributed by atoms with Crippen LogP contribution < -0.4 is 4.90 Å². The smallest absolute Gasteiger partial charge is 0.241 e. The standard InChI is InChI=1S/C19H17Cl2N3O3/c1-9-7-15(22-23(9)8-10-11(20)3-2-4-12(10)21)24-18(25)16-13-5-6-14(27-13)17(16)19(24)26/h2-4,7,13-14,16-17H,5-6,8H2,1H3. The summed E-state index contributed by atoms with van der Waals surface area (Å²) >= 11 is 12.5. The predicted molar refractivity (Wildman–Crippen MR) is 99.9 cm³/mol. The fraction of sp³-hybridized carbons (Fsp3) is 0.421. The van der Waals surface area contributed by atoms with Crippen molar-refractivity contribution in [2.24, 2.45) is 11.8 Å². The Morgan fingerprint density at radius 3 is 2.30 bits per heavy atom. The summed E-state index contributed by atoms with van der Waals surface area (Å²) in [5.41, 5.74) is 1.57. The van der Waals surface area contributed by atoms with Crippen LogP contribution in [0.2, 0.25) is 10.0 Å². The largest absolute Gasteiger partial charge is 0.373 e. The molecule has 1 aromatic heterocycles. The Labute approximate surface area is 166 Å². The van der Waals surface area contributed by atoms with Crippen LogP contribution in [0.4, 0.5) is 5.82 Å². The van der Waals surface area contributed by atoms with Gasteiger partial charge in [-0.25, -0.2) is 4.90 Å². The van der Waals surface area contributed by atoms with Crippen LogP contribution in [0.25, 0.3) is 0 Å². The van der Waals surface area contributed by atoms with Crippen LogP contribution >= 0.6 is 23.2 Å². The number of benzene rings is 1. The number of nitrogens with zero attached hydrogens (tertiary/aromatic N) is 3. The number of aryl methyl sites for hydroxylation is 1. The maximum Gasteiger partial charge on any atom is 0.241 e. The zero-order chi connectivity index (χ0) is 18.9. The Bertz CT molecular complexity index is 925. The van der Waals surface area contributed by atoms with E-state index in [0.717, 1.165) is 24.1 Å². The molecule has 5 rings (SSSR count). The zero-order valence-corrected chi connectivity index (χ0v) is 16.1. The molecule has 4 unspecified atom stereocenters. The first-order valence-electron chi connectivity index (χ1n) is 8.96. The molecular weight excluding hydrogens is 389 g/mol. The van der Waals surface area contributed by atoms with Gasteiger partial charge in [0.1, 0.15) is 0 Å². The quantitative estimate of drug-likeness (QED) is 0.735. The Hall–Kier alpha value is -1.89. The minimum Gasteiger partial charge on any atom is -0.373 e. The van der Waals surface area contributed by atoms with E-state index in [9.17, 15) is 9.59 Å². The van der Waals surface area contributed by atoms with Crippen molar-refractivity contribution >= 4 is 40.8 Å². The lowest BCUT2D eigenvalue weighted by Gasteiger charge is -2.15. The predicted octanol–water partition coefficient (Wildman–Crippen LogP) is 3.21. The van der Waals surface area contributed by atoms with Gasteiger partial charge in [0, 0.05) is 27.4 Å². The summed E-state index contributed by atoms with van der Waals surface area (Å²) in [7, 11) is 0. The Balaban J connectivity index is 1.47. The number of hydrogen-bond acceptors (Lipinski definition) is 4. The van der Waals surface area contributed by atoms with E-state index in [1.165, 1.54) is 4.90 Å². The van der Waals surface area contributed by atoms with E-state index in [1.807, 2.05) is 6.92 Å². The van der Waals surface area contributed by atoms with Gasteiger partial charge in [0.25, 0.3) is 0 Å². The highest BCUT2D eigenvalue weighted by molar-refractivity contribution is 6.36. The fourth-order valence-corrected chi connectivity index (χ4v) is 5.05. The molecule has 1 aromatic carbocycles. The number of halogens is 2. The third-order valence-corrected chi connectivity index (χ3v) is 6.56. The molecule has 0 saturated carbocycles. The molecule has 3 aliphatic rings. The normalized spacial score (nSPS) is 29.1. The van der Waals surface area contributed by atoms with E-state index in [4.69, 9.17) is 27.9 Å². The minimum atomic E-state index is -0.361.